The molecular formula is C17H21N3O3. The van der Waals surface area contributed by atoms with Crippen LogP contribution in [0.4, 0.5) is 0 Å². The van der Waals surface area contributed by atoms with Gasteiger partial charge >= 0.3 is 0 Å². The molecule has 1 fully saturated rings. The lowest BCUT2D eigenvalue weighted by molar-refractivity contribution is -0.158. The van der Waals surface area contributed by atoms with E-state index in [0.717, 1.165) is 5.39 Å². The van der Waals surface area contributed by atoms with Crippen LogP contribution in [0.3, 0.4) is 0 Å². The summed E-state index contributed by atoms with van der Waals surface area (Å²) in [6, 6.07) is 5.43. The summed E-state index contributed by atoms with van der Waals surface area (Å²) in [5, 5.41) is 0.780. The minimum absolute atomic E-state index is 0.0160. The first kappa shape index (κ1) is 15.7. The average Bonchev–Trinajstić information content (AvgIpc) is 2.48. The molecule has 0 aliphatic carbocycles. The standard InChI is InChI=1S/C17H21N3O3/c1-12-9-20(11-17(2,3)23-12)14(21)10-19-8-6-13-5-4-7-18-15(13)16(19)22/h4-8,12H,9-11H2,1-3H3. The first-order valence-corrected chi connectivity index (χ1v) is 7.75. The van der Waals surface area contributed by atoms with Crippen LogP contribution in [-0.2, 0) is 16.1 Å². The predicted octanol–water partition coefficient (Wildman–Crippen LogP) is 1.42. The van der Waals surface area contributed by atoms with Gasteiger partial charge < -0.3 is 14.2 Å². The quantitative estimate of drug-likeness (QED) is 0.841. The Balaban J connectivity index is 1.83. The van der Waals surface area contributed by atoms with E-state index < -0.39 is 0 Å². The van der Waals surface area contributed by atoms with Crippen molar-refractivity contribution in [2.75, 3.05) is 13.1 Å². The van der Waals surface area contributed by atoms with E-state index in [9.17, 15) is 9.59 Å². The molecule has 0 bridgehead atoms. The molecule has 0 saturated carbocycles. The fraction of sp³-hybridized carbons (Fsp3) is 0.471. The van der Waals surface area contributed by atoms with Crippen molar-refractivity contribution in [3.8, 4) is 0 Å². The Morgan fingerprint density at radius 3 is 2.96 bits per heavy atom. The third kappa shape index (κ3) is 3.27. The van der Waals surface area contributed by atoms with Crippen molar-refractivity contribution in [2.24, 2.45) is 0 Å². The number of carbonyl (C=O) groups excluding carboxylic acids is 1. The smallest absolute Gasteiger partial charge is 0.277 e. The zero-order chi connectivity index (χ0) is 16.6. The fourth-order valence-electron chi connectivity index (χ4n) is 3.12. The highest BCUT2D eigenvalue weighted by Crippen LogP contribution is 2.21. The highest BCUT2D eigenvalue weighted by atomic mass is 16.5. The van der Waals surface area contributed by atoms with E-state index in [-0.39, 0.29) is 29.7 Å². The van der Waals surface area contributed by atoms with E-state index in [1.807, 2.05) is 32.9 Å². The Kier molecular flexibility index (Phi) is 3.93. The SMILES string of the molecule is CC1CN(C(=O)Cn2ccc3cccnc3c2=O)CC(C)(C)O1. The van der Waals surface area contributed by atoms with E-state index in [0.29, 0.717) is 18.6 Å². The number of morpholine rings is 1. The summed E-state index contributed by atoms with van der Waals surface area (Å²) >= 11 is 0. The molecule has 1 aliphatic heterocycles. The van der Waals surface area contributed by atoms with Crippen LogP contribution in [0, 0.1) is 0 Å². The van der Waals surface area contributed by atoms with E-state index in [1.54, 1.807) is 23.4 Å². The van der Waals surface area contributed by atoms with Gasteiger partial charge in [-0.05, 0) is 32.9 Å². The number of nitrogens with zero attached hydrogens (tertiary/aromatic N) is 3. The van der Waals surface area contributed by atoms with Gasteiger partial charge in [-0.15, -0.1) is 0 Å². The number of ether oxygens (including phenoxy) is 1. The Labute approximate surface area is 134 Å². The van der Waals surface area contributed by atoms with Crippen molar-refractivity contribution in [2.45, 2.75) is 39.0 Å². The summed E-state index contributed by atoms with van der Waals surface area (Å²) in [7, 11) is 0. The molecule has 3 rings (SSSR count). The van der Waals surface area contributed by atoms with Gasteiger partial charge in [-0.1, -0.05) is 6.07 Å². The Morgan fingerprint density at radius 2 is 2.22 bits per heavy atom. The van der Waals surface area contributed by atoms with Crippen molar-refractivity contribution >= 4 is 16.8 Å². The normalized spacial score (nSPS) is 20.7. The summed E-state index contributed by atoms with van der Waals surface area (Å²) in [6.45, 7) is 6.98. The van der Waals surface area contributed by atoms with Crippen LogP contribution in [0.25, 0.3) is 10.9 Å². The average molecular weight is 315 g/mol. The molecule has 1 saturated heterocycles. The summed E-state index contributed by atoms with van der Waals surface area (Å²) in [5.41, 5.74) is -0.223. The van der Waals surface area contributed by atoms with Gasteiger partial charge in [0.2, 0.25) is 5.91 Å². The summed E-state index contributed by atoms with van der Waals surface area (Å²) in [4.78, 5) is 30.9. The highest BCUT2D eigenvalue weighted by Gasteiger charge is 2.33. The van der Waals surface area contributed by atoms with E-state index >= 15 is 0 Å². The number of hydrogen-bond donors (Lipinski definition) is 0. The molecule has 0 radical (unpaired) electrons. The second-order valence-electron chi connectivity index (χ2n) is 6.65. The number of amides is 1. The molecule has 6 heteroatoms. The topological polar surface area (TPSA) is 64.4 Å². The molecule has 6 nitrogen and oxygen atoms in total. The summed E-state index contributed by atoms with van der Waals surface area (Å²) < 4.78 is 7.23. The van der Waals surface area contributed by atoms with Gasteiger partial charge in [0.25, 0.3) is 5.56 Å². The van der Waals surface area contributed by atoms with Crippen LogP contribution in [-0.4, -0.2) is 45.2 Å². The lowest BCUT2D eigenvalue weighted by atomic mass is 10.1. The minimum atomic E-state index is -0.372. The largest absolute Gasteiger partial charge is 0.369 e. The number of rotatable bonds is 2. The molecule has 0 N–H and O–H groups in total. The number of fused-ring (bicyclic) bond motifs is 1. The zero-order valence-electron chi connectivity index (χ0n) is 13.7. The number of carbonyl (C=O) groups is 1. The number of aromatic nitrogens is 2. The van der Waals surface area contributed by atoms with Crippen LogP contribution in [0.15, 0.2) is 35.4 Å². The second kappa shape index (κ2) is 5.77. The van der Waals surface area contributed by atoms with E-state index in [2.05, 4.69) is 4.98 Å². The van der Waals surface area contributed by atoms with Crippen LogP contribution < -0.4 is 5.56 Å². The number of pyridine rings is 2. The van der Waals surface area contributed by atoms with Gasteiger partial charge in [0.05, 0.1) is 11.7 Å². The molecule has 1 unspecified atom stereocenters. The van der Waals surface area contributed by atoms with Crippen molar-refractivity contribution < 1.29 is 9.53 Å². The predicted molar refractivity (Wildman–Crippen MR) is 87.2 cm³/mol. The molecule has 23 heavy (non-hydrogen) atoms. The molecule has 1 atom stereocenters. The zero-order valence-corrected chi connectivity index (χ0v) is 13.7. The molecule has 122 valence electrons. The molecular weight excluding hydrogens is 294 g/mol. The van der Waals surface area contributed by atoms with Crippen LogP contribution >= 0.6 is 0 Å². The molecule has 0 aromatic carbocycles. The van der Waals surface area contributed by atoms with Gasteiger partial charge in [-0.25, -0.2) is 0 Å². The van der Waals surface area contributed by atoms with Crippen molar-refractivity contribution in [1.82, 2.24) is 14.5 Å². The van der Waals surface area contributed by atoms with Crippen LogP contribution in [0.5, 0.6) is 0 Å². The number of hydrogen-bond acceptors (Lipinski definition) is 4. The van der Waals surface area contributed by atoms with Crippen molar-refractivity contribution in [1.29, 1.82) is 0 Å². The maximum atomic E-state index is 12.6. The van der Waals surface area contributed by atoms with E-state index in [4.69, 9.17) is 4.74 Å². The molecule has 0 spiro atoms. The molecule has 2 aromatic rings. The Hall–Kier alpha value is -2.21. The van der Waals surface area contributed by atoms with Crippen molar-refractivity contribution in [3.05, 3.63) is 40.9 Å². The maximum Gasteiger partial charge on any atom is 0.277 e. The van der Waals surface area contributed by atoms with Crippen molar-refractivity contribution in [3.63, 3.8) is 0 Å². The van der Waals surface area contributed by atoms with Gasteiger partial charge in [0, 0.05) is 30.9 Å². The lowest BCUT2D eigenvalue weighted by Gasteiger charge is -2.41. The van der Waals surface area contributed by atoms with Gasteiger partial charge in [0.1, 0.15) is 12.1 Å². The summed E-state index contributed by atoms with van der Waals surface area (Å²) in [6.07, 6.45) is 3.22. The fourth-order valence-corrected chi connectivity index (χ4v) is 3.12. The van der Waals surface area contributed by atoms with Crippen LogP contribution in [0.1, 0.15) is 20.8 Å². The highest BCUT2D eigenvalue weighted by molar-refractivity contribution is 5.79. The van der Waals surface area contributed by atoms with Crippen LogP contribution in [0.2, 0.25) is 0 Å². The minimum Gasteiger partial charge on any atom is -0.369 e. The third-order valence-corrected chi connectivity index (χ3v) is 3.96. The van der Waals surface area contributed by atoms with Gasteiger partial charge in [-0.3, -0.25) is 14.6 Å². The molecule has 3 heterocycles. The monoisotopic (exact) mass is 315 g/mol. The first-order valence-electron chi connectivity index (χ1n) is 7.75. The molecule has 1 aliphatic rings. The Bertz CT molecular complexity index is 797. The third-order valence-electron chi connectivity index (χ3n) is 3.96. The van der Waals surface area contributed by atoms with Gasteiger partial charge in [0.15, 0.2) is 0 Å². The molecule has 1 amide bonds. The lowest BCUT2D eigenvalue weighted by Crippen LogP contribution is -2.54. The maximum absolute atomic E-state index is 12.6. The first-order chi connectivity index (χ1) is 10.9. The Morgan fingerprint density at radius 1 is 1.43 bits per heavy atom. The molecule has 2 aromatic heterocycles. The van der Waals surface area contributed by atoms with Gasteiger partial charge in [-0.2, -0.15) is 0 Å². The second-order valence-corrected chi connectivity index (χ2v) is 6.65. The van der Waals surface area contributed by atoms with E-state index in [1.165, 1.54) is 4.57 Å². The summed E-state index contributed by atoms with van der Waals surface area (Å²) in [5.74, 6) is -0.0781.